The first-order valence-electron chi connectivity index (χ1n) is 6.85. The van der Waals surface area contributed by atoms with Crippen molar-refractivity contribution >= 4 is 5.65 Å². The zero-order valence-corrected chi connectivity index (χ0v) is 12.1. The second-order valence-corrected chi connectivity index (χ2v) is 4.87. The molecule has 0 atom stereocenters. The molecule has 0 saturated heterocycles. The Hall–Kier alpha value is -2.29. The van der Waals surface area contributed by atoms with Crippen LogP contribution in [0.4, 0.5) is 0 Å². The Morgan fingerprint density at radius 2 is 1.90 bits per heavy atom. The molecule has 0 N–H and O–H groups in total. The number of nitrogens with zero attached hydrogens (tertiary/aromatic N) is 2. The third-order valence-corrected chi connectivity index (χ3v) is 3.64. The number of ether oxygens (including phenoxy) is 1. The van der Waals surface area contributed by atoms with Gasteiger partial charge in [0.2, 0.25) is 0 Å². The van der Waals surface area contributed by atoms with Crippen molar-refractivity contribution in [1.82, 2.24) is 9.38 Å². The van der Waals surface area contributed by atoms with Crippen LogP contribution in [0.5, 0.6) is 5.75 Å². The first-order valence-corrected chi connectivity index (χ1v) is 6.85. The summed E-state index contributed by atoms with van der Waals surface area (Å²) in [5, 5.41) is 0. The van der Waals surface area contributed by atoms with Crippen LogP contribution in [-0.2, 0) is 6.42 Å². The van der Waals surface area contributed by atoms with Crippen LogP contribution in [0.15, 0.2) is 42.6 Å². The van der Waals surface area contributed by atoms with Crippen LogP contribution >= 0.6 is 0 Å². The second kappa shape index (κ2) is 5.00. The average molecular weight is 266 g/mol. The number of hydrogen-bond donors (Lipinski definition) is 0. The molecule has 0 unspecified atom stereocenters. The van der Waals surface area contributed by atoms with Gasteiger partial charge < -0.3 is 9.14 Å². The molecule has 2 heterocycles. The van der Waals surface area contributed by atoms with Crippen molar-refractivity contribution in [3.63, 3.8) is 0 Å². The first kappa shape index (κ1) is 12.7. The van der Waals surface area contributed by atoms with Crippen molar-refractivity contribution in [2.75, 3.05) is 7.11 Å². The number of imidazole rings is 1. The number of methoxy groups -OCH3 is 1. The van der Waals surface area contributed by atoms with Crippen LogP contribution in [0, 0.1) is 6.92 Å². The molecule has 0 aliphatic carbocycles. The molecule has 0 spiro atoms. The van der Waals surface area contributed by atoms with E-state index in [0.717, 1.165) is 29.1 Å². The van der Waals surface area contributed by atoms with E-state index in [1.54, 1.807) is 7.11 Å². The molecule has 1 aromatic carbocycles. The van der Waals surface area contributed by atoms with Crippen molar-refractivity contribution in [2.24, 2.45) is 0 Å². The van der Waals surface area contributed by atoms with Gasteiger partial charge in [0.1, 0.15) is 11.4 Å². The van der Waals surface area contributed by atoms with Gasteiger partial charge in [-0.05, 0) is 49.2 Å². The van der Waals surface area contributed by atoms with Crippen molar-refractivity contribution < 1.29 is 4.74 Å². The fraction of sp³-hybridized carbons (Fsp3) is 0.235. The molecule has 3 nitrogen and oxygen atoms in total. The van der Waals surface area contributed by atoms with Crippen molar-refractivity contribution in [3.8, 4) is 17.0 Å². The lowest BCUT2D eigenvalue weighted by molar-refractivity contribution is 0.415. The summed E-state index contributed by atoms with van der Waals surface area (Å²) in [6.07, 6.45) is 3.03. The molecule has 102 valence electrons. The van der Waals surface area contributed by atoms with E-state index in [4.69, 9.17) is 9.72 Å². The molecular weight excluding hydrogens is 248 g/mol. The molecule has 3 rings (SSSR count). The monoisotopic (exact) mass is 266 g/mol. The predicted molar refractivity (Wildman–Crippen MR) is 81.3 cm³/mol. The van der Waals surface area contributed by atoms with Crippen LogP contribution in [0.3, 0.4) is 0 Å². The molecular formula is C17H18N2O. The van der Waals surface area contributed by atoms with E-state index in [-0.39, 0.29) is 0 Å². The number of aryl methyl sites for hydroxylation is 2. The fourth-order valence-corrected chi connectivity index (χ4v) is 2.57. The zero-order chi connectivity index (χ0) is 14.1. The third kappa shape index (κ3) is 1.95. The van der Waals surface area contributed by atoms with E-state index in [1.807, 2.05) is 12.1 Å². The molecule has 0 radical (unpaired) electrons. The van der Waals surface area contributed by atoms with Gasteiger partial charge in [-0.2, -0.15) is 0 Å². The Balaban J connectivity index is 2.21. The van der Waals surface area contributed by atoms with Crippen molar-refractivity contribution in [2.45, 2.75) is 20.3 Å². The smallest absolute Gasteiger partial charge is 0.140 e. The van der Waals surface area contributed by atoms with Gasteiger partial charge in [-0.3, -0.25) is 0 Å². The number of aromatic nitrogens is 2. The Labute approximate surface area is 118 Å². The number of rotatable bonds is 3. The fourth-order valence-electron chi connectivity index (χ4n) is 2.57. The Morgan fingerprint density at radius 1 is 1.15 bits per heavy atom. The van der Waals surface area contributed by atoms with Crippen LogP contribution in [-0.4, -0.2) is 16.5 Å². The molecule has 0 aliphatic heterocycles. The summed E-state index contributed by atoms with van der Waals surface area (Å²) in [4.78, 5) is 4.83. The normalized spacial score (nSPS) is 10.9. The van der Waals surface area contributed by atoms with Crippen LogP contribution in [0.2, 0.25) is 0 Å². The Kier molecular flexibility index (Phi) is 3.18. The summed E-state index contributed by atoms with van der Waals surface area (Å²) >= 11 is 0. The molecule has 0 amide bonds. The maximum atomic E-state index is 5.21. The summed E-state index contributed by atoms with van der Waals surface area (Å²) in [6, 6.07) is 12.3. The minimum Gasteiger partial charge on any atom is -0.497 e. The molecule has 0 aliphatic rings. The Morgan fingerprint density at radius 3 is 2.55 bits per heavy atom. The summed E-state index contributed by atoms with van der Waals surface area (Å²) in [5.41, 5.74) is 5.67. The highest BCUT2D eigenvalue weighted by Gasteiger charge is 2.13. The lowest BCUT2D eigenvalue weighted by atomic mass is 10.1. The van der Waals surface area contributed by atoms with E-state index >= 15 is 0 Å². The number of pyridine rings is 1. The van der Waals surface area contributed by atoms with E-state index < -0.39 is 0 Å². The number of hydrogen-bond acceptors (Lipinski definition) is 2. The third-order valence-electron chi connectivity index (χ3n) is 3.64. The predicted octanol–water partition coefficient (Wildman–Crippen LogP) is 3.88. The molecule has 20 heavy (non-hydrogen) atoms. The van der Waals surface area contributed by atoms with E-state index in [0.29, 0.717) is 0 Å². The topological polar surface area (TPSA) is 26.5 Å². The zero-order valence-electron chi connectivity index (χ0n) is 12.1. The molecule has 3 heteroatoms. The molecule has 3 aromatic rings. The van der Waals surface area contributed by atoms with E-state index in [9.17, 15) is 0 Å². The van der Waals surface area contributed by atoms with Gasteiger partial charge in [-0.15, -0.1) is 0 Å². The van der Waals surface area contributed by atoms with Crippen molar-refractivity contribution in [3.05, 3.63) is 53.9 Å². The van der Waals surface area contributed by atoms with Gasteiger partial charge in [0.05, 0.1) is 18.5 Å². The largest absolute Gasteiger partial charge is 0.497 e. The summed E-state index contributed by atoms with van der Waals surface area (Å²) in [5.74, 6) is 0.867. The van der Waals surface area contributed by atoms with Gasteiger partial charge in [0.15, 0.2) is 0 Å². The van der Waals surface area contributed by atoms with Gasteiger partial charge in [-0.1, -0.05) is 13.0 Å². The molecule has 0 fully saturated rings. The van der Waals surface area contributed by atoms with E-state index in [1.165, 1.54) is 11.3 Å². The summed E-state index contributed by atoms with van der Waals surface area (Å²) in [7, 11) is 1.68. The summed E-state index contributed by atoms with van der Waals surface area (Å²) < 4.78 is 7.40. The maximum Gasteiger partial charge on any atom is 0.140 e. The standard InChI is InChI=1S/C17H18N2O/c1-4-15-16(13-7-9-14(20-3)10-8-13)18-17-12(2)6-5-11-19(15)17/h5-11H,4H2,1-3H3. The minimum atomic E-state index is 0.867. The van der Waals surface area contributed by atoms with Gasteiger partial charge in [0.25, 0.3) is 0 Å². The van der Waals surface area contributed by atoms with Gasteiger partial charge in [-0.25, -0.2) is 4.98 Å². The van der Waals surface area contributed by atoms with Gasteiger partial charge in [0, 0.05) is 11.8 Å². The molecule has 0 bridgehead atoms. The first-order chi connectivity index (χ1) is 9.74. The Bertz CT molecular complexity index is 742. The maximum absolute atomic E-state index is 5.21. The van der Waals surface area contributed by atoms with E-state index in [2.05, 4.69) is 48.7 Å². The average Bonchev–Trinajstić information content (AvgIpc) is 2.87. The van der Waals surface area contributed by atoms with Crippen LogP contribution < -0.4 is 4.74 Å². The highest BCUT2D eigenvalue weighted by molar-refractivity contribution is 5.68. The lowest BCUT2D eigenvalue weighted by Crippen LogP contribution is -1.93. The molecule has 2 aromatic heterocycles. The van der Waals surface area contributed by atoms with Crippen LogP contribution in [0.1, 0.15) is 18.2 Å². The lowest BCUT2D eigenvalue weighted by Gasteiger charge is -2.04. The summed E-state index contributed by atoms with van der Waals surface area (Å²) in [6.45, 7) is 4.26. The highest BCUT2D eigenvalue weighted by atomic mass is 16.5. The highest BCUT2D eigenvalue weighted by Crippen LogP contribution is 2.27. The van der Waals surface area contributed by atoms with Crippen LogP contribution in [0.25, 0.3) is 16.9 Å². The number of fused-ring (bicyclic) bond motifs is 1. The molecule has 0 saturated carbocycles. The quantitative estimate of drug-likeness (QED) is 0.719. The van der Waals surface area contributed by atoms with Crippen molar-refractivity contribution in [1.29, 1.82) is 0 Å². The van der Waals surface area contributed by atoms with Gasteiger partial charge >= 0.3 is 0 Å². The minimum absolute atomic E-state index is 0.867. The number of benzene rings is 1. The second-order valence-electron chi connectivity index (χ2n) is 4.87. The SMILES string of the molecule is CCc1c(-c2ccc(OC)cc2)nc2c(C)cccn12.